The molecule has 0 atom stereocenters. The Morgan fingerprint density at radius 1 is 1.55 bits per heavy atom. The molecule has 0 saturated carbocycles. The molecule has 2 aromatic rings. The molecule has 1 amide bonds. The summed E-state index contributed by atoms with van der Waals surface area (Å²) in [4.78, 5) is 20.0. The zero-order valence-electron chi connectivity index (χ0n) is 10.9. The molecule has 0 aliphatic heterocycles. The monoisotopic (exact) mass is 311 g/mol. The van der Waals surface area contributed by atoms with Crippen LogP contribution in [-0.2, 0) is 11.3 Å². The first-order valence-electron chi connectivity index (χ1n) is 6.00. The molecule has 106 valence electrons. The number of aromatic nitrogens is 4. The summed E-state index contributed by atoms with van der Waals surface area (Å²) in [7, 11) is 0. The molecule has 2 aromatic heterocycles. The molecule has 0 aromatic carbocycles. The van der Waals surface area contributed by atoms with Gasteiger partial charge in [0, 0.05) is 24.6 Å². The number of rotatable bonds is 6. The summed E-state index contributed by atoms with van der Waals surface area (Å²) in [6, 6.07) is 1.82. The number of thioether (sulfide) groups is 1. The smallest absolute Gasteiger partial charge is 0.230 e. The van der Waals surface area contributed by atoms with Gasteiger partial charge >= 0.3 is 0 Å². The van der Waals surface area contributed by atoms with E-state index in [0.29, 0.717) is 29.0 Å². The average molecular weight is 312 g/mol. The van der Waals surface area contributed by atoms with E-state index in [1.54, 1.807) is 23.3 Å². The molecule has 1 N–H and O–H groups in total. The molecule has 0 unspecified atom stereocenters. The predicted molar refractivity (Wildman–Crippen MR) is 77.7 cm³/mol. The Bertz CT molecular complexity index is 589. The molecule has 2 rings (SSSR count). The van der Waals surface area contributed by atoms with Crippen molar-refractivity contribution in [2.24, 2.45) is 0 Å². The van der Waals surface area contributed by atoms with Crippen LogP contribution in [0.25, 0.3) is 0 Å². The summed E-state index contributed by atoms with van der Waals surface area (Å²) in [5, 5.41) is 8.03. The summed E-state index contributed by atoms with van der Waals surface area (Å²) < 4.78 is 1.68. The maximum atomic E-state index is 11.7. The average Bonchev–Trinajstić information content (AvgIpc) is 2.82. The topological polar surface area (TPSA) is 72.7 Å². The van der Waals surface area contributed by atoms with Crippen molar-refractivity contribution in [3.8, 4) is 0 Å². The lowest BCUT2D eigenvalue weighted by Crippen LogP contribution is -2.28. The Labute approximate surface area is 125 Å². The molecule has 8 heteroatoms. The maximum Gasteiger partial charge on any atom is 0.230 e. The molecule has 0 saturated heterocycles. The van der Waals surface area contributed by atoms with E-state index < -0.39 is 0 Å². The summed E-state index contributed by atoms with van der Waals surface area (Å²) >= 11 is 7.06. The molecule has 0 spiro atoms. The number of hydrogen-bond donors (Lipinski definition) is 1. The van der Waals surface area contributed by atoms with E-state index in [-0.39, 0.29) is 5.91 Å². The molecule has 0 radical (unpaired) electrons. The van der Waals surface area contributed by atoms with Crippen LogP contribution in [0.4, 0.5) is 0 Å². The molecular weight excluding hydrogens is 298 g/mol. The van der Waals surface area contributed by atoms with Gasteiger partial charge in [0.05, 0.1) is 23.5 Å². The SMILES string of the molecule is Cc1ccnc(SCC(=O)NCCn2cc(Cl)cn2)n1. The number of carbonyl (C=O) groups excluding carboxylic acids is 1. The highest BCUT2D eigenvalue weighted by Crippen LogP contribution is 2.11. The van der Waals surface area contributed by atoms with Crippen molar-refractivity contribution in [3.63, 3.8) is 0 Å². The summed E-state index contributed by atoms with van der Waals surface area (Å²) in [5.74, 6) is 0.238. The van der Waals surface area contributed by atoms with Gasteiger partial charge in [-0.25, -0.2) is 9.97 Å². The van der Waals surface area contributed by atoms with Gasteiger partial charge < -0.3 is 5.32 Å². The third-order valence-corrected chi connectivity index (χ3v) is 3.43. The second-order valence-electron chi connectivity index (χ2n) is 4.04. The number of amides is 1. The number of hydrogen-bond acceptors (Lipinski definition) is 5. The lowest BCUT2D eigenvalue weighted by Gasteiger charge is -2.05. The molecule has 0 bridgehead atoms. The first-order chi connectivity index (χ1) is 9.63. The van der Waals surface area contributed by atoms with Gasteiger partial charge in [-0.2, -0.15) is 5.10 Å². The minimum Gasteiger partial charge on any atom is -0.354 e. The molecule has 20 heavy (non-hydrogen) atoms. The van der Waals surface area contributed by atoms with Crippen molar-refractivity contribution in [3.05, 3.63) is 35.4 Å². The van der Waals surface area contributed by atoms with Gasteiger partial charge in [0.2, 0.25) is 5.91 Å². The maximum absolute atomic E-state index is 11.7. The van der Waals surface area contributed by atoms with Crippen molar-refractivity contribution in [1.82, 2.24) is 25.1 Å². The third-order valence-electron chi connectivity index (χ3n) is 2.37. The Hall–Kier alpha value is -1.60. The van der Waals surface area contributed by atoms with Crippen LogP contribution >= 0.6 is 23.4 Å². The van der Waals surface area contributed by atoms with Crippen LogP contribution in [-0.4, -0.2) is 38.0 Å². The van der Waals surface area contributed by atoms with Crippen LogP contribution in [0.15, 0.2) is 29.8 Å². The highest BCUT2D eigenvalue weighted by atomic mass is 35.5. The second kappa shape index (κ2) is 7.25. The van der Waals surface area contributed by atoms with E-state index >= 15 is 0 Å². The second-order valence-corrected chi connectivity index (χ2v) is 5.42. The Balaban J connectivity index is 1.68. The van der Waals surface area contributed by atoms with Crippen LogP contribution < -0.4 is 5.32 Å². The predicted octanol–water partition coefficient (Wildman–Crippen LogP) is 1.54. The minimum atomic E-state index is -0.0571. The quantitative estimate of drug-likeness (QED) is 0.647. The molecule has 2 heterocycles. The Morgan fingerprint density at radius 2 is 2.40 bits per heavy atom. The number of nitrogens with zero attached hydrogens (tertiary/aromatic N) is 4. The van der Waals surface area contributed by atoms with E-state index in [0.717, 1.165) is 5.69 Å². The fourth-order valence-corrected chi connectivity index (χ4v) is 2.31. The number of aryl methyl sites for hydroxylation is 1. The van der Waals surface area contributed by atoms with Gasteiger partial charge in [0.25, 0.3) is 0 Å². The van der Waals surface area contributed by atoms with Gasteiger partial charge in [-0.3, -0.25) is 9.48 Å². The first-order valence-corrected chi connectivity index (χ1v) is 7.37. The highest BCUT2D eigenvalue weighted by molar-refractivity contribution is 7.99. The fraction of sp³-hybridized carbons (Fsp3) is 0.333. The van der Waals surface area contributed by atoms with Gasteiger partial charge in [0.15, 0.2) is 5.16 Å². The van der Waals surface area contributed by atoms with Crippen molar-refractivity contribution in [2.75, 3.05) is 12.3 Å². The van der Waals surface area contributed by atoms with Crippen LogP contribution in [0.3, 0.4) is 0 Å². The molecule has 0 aliphatic rings. The standard InChI is InChI=1S/C12H14ClN5OS/c1-9-2-3-15-12(17-9)20-8-11(19)14-4-5-18-7-10(13)6-16-18/h2-3,6-7H,4-5,8H2,1H3,(H,14,19). The molecule has 0 fully saturated rings. The highest BCUT2D eigenvalue weighted by Gasteiger charge is 2.04. The summed E-state index contributed by atoms with van der Waals surface area (Å²) in [5.41, 5.74) is 0.887. The van der Waals surface area contributed by atoms with Gasteiger partial charge in [-0.1, -0.05) is 23.4 Å². The zero-order valence-corrected chi connectivity index (χ0v) is 12.5. The largest absolute Gasteiger partial charge is 0.354 e. The van der Waals surface area contributed by atoms with Crippen molar-refractivity contribution in [2.45, 2.75) is 18.6 Å². The summed E-state index contributed by atoms with van der Waals surface area (Å²) in [6.45, 7) is 2.98. The number of nitrogens with one attached hydrogen (secondary N) is 1. The Kier molecular flexibility index (Phi) is 5.37. The van der Waals surface area contributed by atoms with Crippen LogP contribution in [0.2, 0.25) is 5.02 Å². The van der Waals surface area contributed by atoms with E-state index in [9.17, 15) is 4.79 Å². The summed E-state index contributed by atoms with van der Waals surface area (Å²) in [6.07, 6.45) is 4.96. The van der Waals surface area contributed by atoms with E-state index in [1.807, 2.05) is 13.0 Å². The van der Waals surface area contributed by atoms with Crippen molar-refractivity contribution >= 4 is 29.3 Å². The van der Waals surface area contributed by atoms with E-state index in [4.69, 9.17) is 11.6 Å². The number of carbonyl (C=O) groups is 1. The van der Waals surface area contributed by atoms with Gasteiger partial charge in [0.1, 0.15) is 0 Å². The third kappa shape index (κ3) is 4.82. The molecular formula is C12H14ClN5OS. The lowest BCUT2D eigenvalue weighted by molar-refractivity contribution is -0.118. The van der Waals surface area contributed by atoms with Gasteiger partial charge in [-0.05, 0) is 13.0 Å². The normalized spacial score (nSPS) is 10.5. The number of halogens is 1. The lowest BCUT2D eigenvalue weighted by atomic mass is 10.5. The first kappa shape index (κ1) is 14.8. The molecule has 0 aliphatic carbocycles. The molecule has 6 nitrogen and oxygen atoms in total. The Morgan fingerprint density at radius 3 is 3.10 bits per heavy atom. The van der Waals surface area contributed by atoms with Crippen LogP contribution in [0.5, 0.6) is 0 Å². The van der Waals surface area contributed by atoms with Crippen LogP contribution in [0.1, 0.15) is 5.69 Å². The van der Waals surface area contributed by atoms with E-state index in [1.165, 1.54) is 11.8 Å². The van der Waals surface area contributed by atoms with Crippen molar-refractivity contribution < 1.29 is 4.79 Å². The van der Waals surface area contributed by atoms with Gasteiger partial charge in [-0.15, -0.1) is 0 Å². The van der Waals surface area contributed by atoms with E-state index in [2.05, 4.69) is 20.4 Å². The van der Waals surface area contributed by atoms with Crippen LogP contribution in [0, 0.1) is 6.92 Å². The minimum absolute atomic E-state index is 0.0571. The fourth-order valence-electron chi connectivity index (χ4n) is 1.45. The zero-order chi connectivity index (χ0) is 14.4. The van der Waals surface area contributed by atoms with Crippen molar-refractivity contribution in [1.29, 1.82) is 0 Å².